The quantitative estimate of drug-likeness (QED) is 0.910. The predicted molar refractivity (Wildman–Crippen MR) is 96.8 cm³/mol. The van der Waals surface area contributed by atoms with Crippen molar-refractivity contribution in [2.45, 2.75) is 37.5 Å². The molecule has 0 bridgehead atoms. The first-order valence-electron chi connectivity index (χ1n) is 9.10. The first-order chi connectivity index (χ1) is 12.3. The summed E-state index contributed by atoms with van der Waals surface area (Å²) < 4.78 is 5.33. The van der Waals surface area contributed by atoms with E-state index in [2.05, 4.69) is 28.5 Å². The molecule has 2 aromatic rings. The molecule has 1 aromatic carbocycles. The minimum absolute atomic E-state index is 0.114. The van der Waals surface area contributed by atoms with Crippen molar-refractivity contribution in [3.63, 3.8) is 0 Å². The summed E-state index contributed by atoms with van der Waals surface area (Å²) in [4.78, 5) is 16.6. The zero-order chi connectivity index (χ0) is 17.2. The number of hydrogen-bond donors (Lipinski definition) is 1. The van der Waals surface area contributed by atoms with E-state index < -0.39 is 0 Å². The number of methoxy groups -OCH3 is 1. The topological polar surface area (TPSA) is 51.2 Å². The minimum Gasteiger partial charge on any atom is -0.497 e. The summed E-state index contributed by atoms with van der Waals surface area (Å²) in [5.41, 5.74) is 3.91. The van der Waals surface area contributed by atoms with E-state index in [4.69, 9.17) is 4.74 Å². The van der Waals surface area contributed by atoms with E-state index >= 15 is 0 Å². The number of rotatable bonds is 5. The van der Waals surface area contributed by atoms with Crippen molar-refractivity contribution in [3.8, 4) is 5.75 Å². The predicted octanol–water partition coefficient (Wildman–Crippen LogP) is 3.43. The van der Waals surface area contributed by atoms with Crippen molar-refractivity contribution in [1.82, 2.24) is 10.3 Å². The van der Waals surface area contributed by atoms with Gasteiger partial charge in [-0.05, 0) is 66.5 Å². The maximum atomic E-state index is 12.5. The van der Waals surface area contributed by atoms with Crippen LogP contribution >= 0.6 is 0 Å². The first-order valence-corrected chi connectivity index (χ1v) is 9.10. The molecular weight excluding hydrogens is 312 g/mol. The van der Waals surface area contributed by atoms with Crippen molar-refractivity contribution in [2.24, 2.45) is 5.92 Å². The number of pyridine rings is 1. The zero-order valence-electron chi connectivity index (χ0n) is 14.6. The molecule has 1 fully saturated rings. The Balaban J connectivity index is 1.36. The Kier molecular flexibility index (Phi) is 4.43. The summed E-state index contributed by atoms with van der Waals surface area (Å²) in [6.45, 7) is 0.731. The number of aryl methyl sites for hydroxylation is 1. The van der Waals surface area contributed by atoms with Crippen LogP contribution in [0, 0.1) is 5.92 Å². The van der Waals surface area contributed by atoms with E-state index in [0.29, 0.717) is 11.8 Å². The second kappa shape index (κ2) is 6.87. The molecule has 25 heavy (non-hydrogen) atoms. The second-order valence-corrected chi connectivity index (χ2v) is 7.13. The molecule has 4 heteroatoms. The number of fused-ring (bicyclic) bond motifs is 1. The number of nitrogens with zero attached hydrogens (tertiary/aromatic N) is 1. The number of benzene rings is 1. The number of nitrogens with one attached hydrogen (secondary N) is 1. The molecule has 1 heterocycles. The molecule has 1 saturated carbocycles. The van der Waals surface area contributed by atoms with Gasteiger partial charge in [0.05, 0.1) is 7.11 Å². The molecule has 0 spiro atoms. The number of hydrogen-bond acceptors (Lipinski definition) is 3. The largest absolute Gasteiger partial charge is 0.497 e. The molecule has 3 atom stereocenters. The minimum atomic E-state index is 0.114. The molecule has 2 aliphatic carbocycles. The van der Waals surface area contributed by atoms with Gasteiger partial charge >= 0.3 is 0 Å². The van der Waals surface area contributed by atoms with E-state index in [0.717, 1.165) is 31.6 Å². The van der Waals surface area contributed by atoms with Gasteiger partial charge in [-0.15, -0.1) is 0 Å². The van der Waals surface area contributed by atoms with E-state index in [1.807, 2.05) is 18.3 Å². The third-order valence-electron chi connectivity index (χ3n) is 5.55. The van der Waals surface area contributed by atoms with Gasteiger partial charge in [0.15, 0.2) is 0 Å². The standard InChI is InChI=1S/C21H24N2O2/c1-25-17-7-8-18-14(10-17)4-2-5-16(18)13-23-21(24)20-11-19(20)15-6-3-9-22-12-15/h3,6-10,12,16,19-20H,2,4-5,11,13H2,1H3,(H,23,24). The SMILES string of the molecule is COc1ccc2c(c1)CCCC2CNC(=O)C1CC1c1cccnc1. The van der Waals surface area contributed by atoms with Crippen molar-refractivity contribution in [2.75, 3.05) is 13.7 Å². The van der Waals surface area contributed by atoms with Crippen LogP contribution in [0.3, 0.4) is 0 Å². The Hall–Kier alpha value is -2.36. The van der Waals surface area contributed by atoms with Gasteiger partial charge in [-0.3, -0.25) is 9.78 Å². The van der Waals surface area contributed by atoms with E-state index in [1.165, 1.54) is 23.1 Å². The lowest BCUT2D eigenvalue weighted by molar-refractivity contribution is -0.122. The van der Waals surface area contributed by atoms with Crippen molar-refractivity contribution < 1.29 is 9.53 Å². The average molecular weight is 336 g/mol. The van der Waals surface area contributed by atoms with E-state index in [9.17, 15) is 4.79 Å². The Morgan fingerprint density at radius 2 is 2.28 bits per heavy atom. The van der Waals surface area contributed by atoms with Crippen LogP contribution in [0.15, 0.2) is 42.7 Å². The Morgan fingerprint density at radius 3 is 3.08 bits per heavy atom. The van der Waals surface area contributed by atoms with Gasteiger partial charge in [-0.2, -0.15) is 0 Å². The lowest BCUT2D eigenvalue weighted by Crippen LogP contribution is -2.31. The van der Waals surface area contributed by atoms with Crippen molar-refractivity contribution in [3.05, 3.63) is 59.4 Å². The van der Waals surface area contributed by atoms with Gasteiger partial charge in [0.25, 0.3) is 0 Å². The van der Waals surface area contributed by atoms with Gasteiger partial charge in [-0.25, -0.2) is 0 Å². The second-order valence-electron chi connectivity index (χ2n) is 7.13. The molecular formula is C21H24N2O2. The third-order valence-corrected chi connectivity index (χ3v) is 5.55. The monoisotopic (exact) mass is 336 g/mol. The van der Waals surface area contributed by atoms with Crippen LogP contribution in [0.4, 0.5) is 0 Å². The summed E-state index contributed by atoms with van der Waals surface area (Å²) >= 11 is 0. The van der Waals surface area contributed by atoms with Gasteiger partial charge in [-0.1, -0.05) is 12.1 Å². The lowest BCUT2D eigenvalue weighted by atomic mass is 9.82. The first kappa shape index (κ1) is 16.1. The van der Waals surface area contributed by atoms with Crippen LogP contribution in [0.5, 0.6) is 5.75 Å². The Bertz CT molecular complexity index is 760. The normalized spacial score (nSPS) is 24.3. The third kappa shape index (κ3) is 3.39. The number of aromatic nitrogens is 1. The maximum Gasteiger partial charge on any atom is 0.223 e. The van der Waals surface area contributed by atoms with Crippen molar-refractivity contribution in [1.29, 1.82) is 0 Å². The highest BCUT2D eigenvalue weighted by molar-refractivity contribution is 5.82. The number of amides is 1. The zero-order valence-corrected chi connectivity index (χ0v) is 14.6. The summed E-state index contributed by atoms with van der Waals surface area (Å²) in [6.07, 6.45) is 8.00. The maximum absolute atomic E-state index is 12.5. The molecule has 0 saturated heterocycles. The molecule has 4 nitrogen and oxygen atoms in total. The number of carbonyl (C=O) groups is 1. The highest BCUT2D eigenvalue weighted by Gasteiger charge is 2.44. The van der Waals surface area contributed by atoms with Gasteiger partial charge in [0, 0.05) is 30.8 Å². The molecule has 0 aliphatic heterocycles. The number of carbonyl (C=O) groups excluding carboxylic acids is 1. The summed E-state index contributed by atoms with van der Waals surface area (Å²) in [5, 5.41) is 3.19. The average Bonchev–Trinajstić information content (AvgIpc) is 3.47. The van der Waals surface area contributed by atoms with Crippen LogP contribution < -0.4 is 10.1 Å². The molecule has 0 radical (unpaired) electrons. The molecule has 1 aromatic heterocycles. The van der Waals surface area contributed by atoms with Gasteiger partial charge in [0.1, 0.15) is 5.75 Å². The van der Waals surface area contributed by atoms with Crippen molar-refractivity contribution >= 4 is 5.91 Å². The fourth-order valence-electron chi connectivity index (χ4n) is 4.03. The summed E-state index contributed by atoms with van der Waals surface area (Å²) in [6, 6.07) is 10.3. The molecule has 3 unspecified atom stereocenters. The fourth-order valence-corrected chi connectivity index (χ4v) is 4.03. The Labute approximate surface area is 148 Å². The lowest BCUT2D eigenvalue weighted by Gasteiger charge is -2.26. The molecule has 1 N–H and O–H groups in total. The Morgan fingerprint density at radius 1 is 1.36 bits per heavy atom. The van der Waals surface area contributed by atoms with Crippen LogP contribution in [0.2, 0.25) is 0 Å². The van der Waals surface area contributed by atoms with Crippen LogP contribution in [0.1, 0.15) is 47.8 Å². The summed E-state index contributed by atoms with van der Waals surface area (Å²) in [7, 11) is 1.70. The van der Waals surface area contributed by atoms with Crippen LogP contribution in [-0.4, -0.2) is 24.5 Å². The summed E-state index contributed by atoms with van der Waals surface area (Å²) in [5.74, 6) is 1.98. The molecule has 130 valence electrons. The van der Waals surface area contributed by atoms with E-state index in [1.54, 1.807) is 13.3 Å². The molecule has 4 rings (SSSR count). The van der Waals surface area contributed by atoms with Gasteiger partial charge < -0.3 is 10.1 Å². The smallest absolute Gasteiger partial charge is 0.223 e. The van der Waals surface area contributed by atoms with Gasteiger partial charge in [0.2, 0.25) is 5.91 Å². The van der Waals surface area contributed by atoms with E-state index in [-0.39, 0.29) is 11.8 Å². The van der Waals surface area contributed by atoms with Crippen LogP contribution in [-0.2, 0) is 11.2 Å². The molecule has 2 aliphatic rings. The highest BCUT2D eigenvalue weighted by Crippen LogP contribution is 2.47. The number of ether oxygens (including phenoxy) is 1. The highest BCUT2D eigenvalue weighted by atomic mass is 16.5. The fraction of sp³-hybridized carbons (Fsp3) is 0.429. The van der Waals surface area contributed by atoms with Crippen LogP contribution in [0.25, 0.3) is 0 Å². The molecule has 1 amide bonds.